The Morgan fingerprint density at radius 2 is 1.74 bits per heavy atom. The molecule has 2 aliphatic heterocycles. The number of amides is 4. The van der Waals surface area contributed by atoms with Crippen LogP contribution in [0.4, 0.5) is 0 Å². The molecule has 6 rings (SSSR count). The first-order valence-electron chi connectivity index (χ1n) is 13.9. The molecule has 2 aliphatic carbocycles. The molecule has 42 heavy (non-hydrogen) atoms. The van der Waals surface area contributed by atoms with Gasteiger partial charge in [0, 0.05) is 24.1 Å². The number of nitrogens with zero attached hydrogens (tertiary/aromatic N) is 2. The second-order valence-corrected chi connectivity index (χ2v) is 13.1. The highest BCUT2D eigenvalue weighted by molar-refractivity contribution is 9.09. The van der Waals surface area contributed by atoms with Crippen molar-refractivity contribution in [2.75, 3.05) is 12.0 Å². The van der Waals surface area contributed by atoms with Gasteiger partial charge in [0.15, 0.2) is 9.75 Å². The zero-order valence-corrected chi connectivity index (χ0v) is 25.9. The lowest BCUT2D eigenvalue weighted by molar-refractivity contribution is -0.141. The van der Waals surface area contributed by atoms with E-state index < -0.39 is 45.2 Å². The van der Waals surface area contributed by atoms with Crippen LogP contribution in [0.15, 0.2) is 60.2 Å². The molecule has 6 atom stereocenters. The number of hydrogen-bond acceptors (Lipinski definition) is 6. The van der Waals surface area contributed by atoms with Crippen molar-refractivity contribution >= 4 is 62.8 Å². The number of fused-ring (bicyclic) bond motifs is 4. The zero-order chi connectivity index (χ0) is 30.0. The lowest BCUT2D eigenvalue weighted by atomic mass is 9.56. The maximum atomic E-state index is 13.9. The van der Waals surface area contributed by atoms with Gasteiger partial charge in [-0.15, -0.1) is 23.2 Å². The average Bonchev–Trinajstić information content (AvgIpc) is 3.31. The highest BCUT2D eigenvalue weighted by Gasteiger charge is 2.76. The topological polar surface area (TPSA) is 104 Å². The molecule has 3 fully saturated rings. The maximum absolute atomic E-state index is 13.9. The molecular weight excluding hydrogens is 647 g/mol. The van der Waals surface area contributed by atoms with Crippen molar-refractivity contribution < 1.29 is 29.0 Å². The number of ether oxygens (including phenoxy) is 1. The van der Waals surface area contributed by atoms with Gasteiger partial charge in [0.25, 0.3) is 11.8 Å². The largest absolute Gasteiger partial charge is 0.508 e. The van der Waals surface area contributed by atoms with Crippen LogP contribution in [0.2, 0.25) is 0 Å². The third-order valence-corrected chi connectivity index (χ3v) is 11.0. The summed E-state index contributed by atoms with van der Waals surface area (Å²) in [5, 5.41) is 11.4. The third-order valence-electron chi connectivity index (χ3n) is 9.11. The fourth-order valence-electron chi connectivity index (χ4n) is 7.21. The van der Waals surface area contributed by atoms with Gasteiger partial charge < -0.3 is 9.84 Å². The number of carbonyl (C=O) groups is 4. The van der Waals surface area contributed by atoms with Gasteiger partial charge in [0.05, 0.1) is 17.3 Å². The molecule has 0 aromatic heterocycles. The number of carbonyl (C=O) groups excluding carboxylic acids is 4. The molecule has 1 N–H and O–H groups in total. The number of hydrogen-bond donors (Lipinski definition) is 1. The summed E-state index contributed by atoms with van der Waals surface area (Å²) in [6.45, 7) is 2.48. The van der Waals surface area contributed by atoms with Gasteiger partial charge in [-0.05, 0) is 36.8 Å². The standard InChI is InChI=1S/C31H29BrCl2N2O6/c1-2-12-35-26(38)21-11-10-19-22(24(21)27(35)39)14-30(33)28(40)36(16-32)29(41)31(30,34)25(19)20-9-8-18(13-23(20)37)42-15-17-6-4-3-5-7-17/h3-10,13,21-22,24-25,37H,2,11-12,14-16H2,1H3/t21-,22+,24-,25+,30+,31-/m0/s1. The molecule has 0 spiro atoms. The van der Waals surface area contributed by atoms with Gasteiger partial charge >= 0.3 is 0 Å². The quantitative estimate of drug-likeness (QED) is 0.190. The molecule has 0 radical (unpaired) electrons. The summed E-state index contributed by atoms with van der Waals surface area (Å²) in [6.07, 6.45) is 2.66. The van der Waals surface area contributed by atoms with Crippen molar-refractivity contribution in [2.24, 2.45) is 17.8 Å². The van der Waals surface area contributed by atoms with Crippen LogP contribution in [0, 0.1) is 17.8 Å². The Morgan fingerprint density at radius 3 is 2.40 bits per heavy atom. The number of benzene rings is 2. The Kier molecular flexibility index (Phi) is 7.43. The minimum Gasteiger partial charge on any atom is -0.508 e. The Morgan fingerprint density at radius 1 is 1.00 bits per heavy atom. The maximum Gasteiger partial charge on any atom is 0.254 e. The summed E-state index contributed by atoms with van der Waals surface area (Å²) in [4.78, 5) is 52.9. The molecular formula is C31H29BrCl2N2O6. The van der Waals surface area contributed by atoms with Crippen LogP contribution in [-0.2, 0) is 25.8 Å². The van der Waals surface area contributed by atoms with Gasteiger partial charge in [-0.3, -0.25) is 29.0 Å². The predicted molar refractivity (Wildman–Crippen MR) is 159 cm³/mol. The van der Waals surface area contributed by atoms with E-state index in [9.17, 15) is 24.3 Å². The Labute approximate surface area is 261 Å². The number of halogens is 3. The van der Waals surface area contributed by atoms with Gasteiger partial charge in [-0.25, -0.2) is 0 Å². The Bertz CT molecular complexity index is 1520. The van der Waals surface area contributed by atoms with Crippen LogP contribution < -0.4 is 4.74 Å². The van der Waals surface area contributed by atoms with Gasteiger partial charge in [0.1, 0.15) is 18.1 Å². The van der Waals surface area contributed by atoms with Crippen LogP contribution in [0.1, 0.15) is 43.2 Å². The summed E-state index contributed by atoms with van der Waals surface area (Å²) >= 11 is 17.7. The molecule has 2 saturated heterocycles. The fourth-order valence-corrected chi connectivity index (χ4v) is 8.62. The number of phenols is 1. The monoisotopic (exact) mass is 674 g/mol. The van der Waals surface area contributed by atoms with Crippen molar-refractivity contribution in [3.05, 3.63) is 71.3 Å². The molecule has 220 valence electrons. The van der Waals surface area contributed by atoms with E-state index in [0.717, 1.165) is 10.5 Å². The smallest absolute Gasteiger partial charge is 0.254 e. The second-order valence-electron chi connectivity index (χ2n) is 11.3. The summed E-state index contributed by atoms with van der Waals surface area (Å²) < 4.78 is 5.89. The Hall–Kier alpha value is -2.88. The molecule has 0 unspecified atom stereocenters. The third kappa shape index (κ3) is 4.07. The number of alkyl halides is 3. The van der Waals surface area contributed by atoms with Gasteiger partial charge in [-0.1, -0.05) is 70.9 Å². The number of aromatic hydroxyl groups is 1. The first-order chi connectivity index (χ1) is 20.1. The van der Waals surface area contributed by atoms with E-state index >= 15 is 0 Å². The number of imide groups is 2. The Balaban J connectivity index is 1.45. The summed E-state index contributed by atoms with van der Waals surface area (Å²) in [7, 11) is 0. The van der Waals surface area contributed by atoms with Gasteiger partial charge in [-0.2, -0.15) is 0 Å². The molecule has 2 aromatic rings. The lowest BCUT2D eigenvalue weighted by Crippen LogP contribution is -2.60. The highest BCUT2D eigenvalue weighted by Crippen LogP contribution is 2.66. The normalized spacial score (nSPS) is 32.0. The molecule has 0 bridgehead atoms. The van der Waals surface area contributed by atoms with E-state index in [1.54, 1.807) is 12.1 Å². The minimum absolute atomic E-state index is 0.0896. The van der Waals surface area contributed by atoms with Crippen LogP contribution in [0.5, 0.6) is 11.5 Å². The van der Waals surface area contributed by atoms with Crippen LogP contribution in [0.3, 0.4) is 0 Å². The average molecular weight is 676 g/mol. The van der Waals surface area contributed by atoms with E-state index in [4.69, 9.17) is 27.9 Å². The SMILES string of the molecule is CCCN1C(=O)[C@H]2[C@H](CC=C3[C@H]2C[C@@]2(Cl)C(=O)N(CBr)C(=O)[C@@]2(Cl)[C@H]3c2ccc(OCc3ccccc3)cc2O)C1=O. The number of phenolic OH excluding ortho intramolecular Hbond substituents is 1. The molecule has 4 aliphatic rings. The van der Waals surface area contributed by atoms with Crippen molar-refractivity contribution in [3.63, 3.8) is 0 Å². The van der Waals surface area contributed by atoms with E-state index in [1.165, 1.54) is 11.0 Å². The van der Waals surface area contributed by atoms with Crippen LogP contribution in [0.25, 0.3) is 0 Å². The highest BCUT2D eigenvalue weighted by atomic mass is 79.9. The minimum atomic E-state index is -1.98. The van der Waals surface area contributed by atoms with Crippen molar-refractivity contribution in [2.45, 2.75) is 48.5 Å². The lowest BCUT2D eigenvalue weighted by Gasteiger charge is -2.50. The first-order valence-corrected chi connectivity index (χ1v) is 15.8. The van der Waals surface area contributed by atoms with E-state index in [1.807, 2.05) is 43.3 Å². The van der Waals surface area contributed by atoms with E-state index in [2.05, 4.69) is 15.9 Å². The summed E-state index contributed by atoms with van der Waals surface area (Å²) in [6, 6.07) is 14.3. The molecule has 4 amide bonds. The fraction of sp³-hybridized carbons (Fsp3) is 0.419. The zero-order valence-electron chi connectivity index (χ0n) is 22.8. The molecule has 2 heterocycles. The molecule has 2 aromatic carbocycles. The molecule has 11 heteroatoms. The number of rotatable bonds is 7. The summed E-state index contributed by atoms with van der Waals surface area (Å²) in [5.41, 5.74) is 1.75. The van der Waals surface area contributed by atoms with Crippen LogP contribution >= 0.6 is 39.1 Å². The number of likely N-dealkylation sites (tertiary alicyclic amines) is 2. The van der Waals surface area contributed by atoms with E-state index in [0.29, 0.717) is 24.3 Å². The van der Waals surface area contributed by atoms with Crippen molar-refractivity contribution in [3.8, 4) is 11.5 Å². The van der Waals surface area contributed by atoms with Crippen molar-refractivity contribution in [1.29, 1.82) is 0 Å². The number of allylic oxidation sites excluding steroid dienone is 2. The first kappa shape index (κ1) is 29.2. The predicted octanol–water partition coefficient (Wildman–Crippen LogP) is 5.09. The van der Waals surface area contributed by atoms with E-state index in [-0.39, 0.29) is 48.0 Å². The van der Waals surface area contributed by atoms with Gasteiger partial charge in [0.2, 0.25) is 11.8 Å². The molecule has 8 nitrogen and oxygen atoms in total. The molecule has 1 saturated carbocycles. The van der Waals surface area contributed by atoms with Crippen molar-refractivity contribution in [1.82, 2.24) is 9.80 Å². The second kappa shape index (κ2) is 10.7. The summed E-state index contributed by atoms with van der Waals surface area (Å²) in [5.74, 6) is -4.66. The van der Waals surface area contributed by atoms with Crippen LogP contribution in [-0.4, -0.2) is 60.3 Å².